The van der Waals surface area contributed by atoms with Gasteiger partial charge in [0.15, 0.2) is 0 Å². The van der Waals surface area contributed by atoms with Gasteiger partial charge in [-0.3, -0.25) is 4.79 Å². The largest absolute Gasteiger partial charge is 0.493 e. The van der Waals surface area contributed by atoms with Crippen LogP contribution in [0.1, 0.15) is 18.4 Å². The first-order valence-corrected chi connectivity index (χ1v) is 7.05. The van der Waals surface area contributed by atoms with E-state index in [1.807, 2.05) is 42.5 Å². The Kier molecular flexibility index (Phi) is 3.77. The average Bonchev–Trinajstić information content (AvgIpc) is 2.89. The molecule has 3 rings (SSSR count). The van der Waals surface area contributed by atoms with Crippen molar-refractivity contribution in [1.82, 2.24) is 0 Å². The van der Waals surface area contributed by atoms with Gasteiger partial charge in [0.2, 0.25) is 5.91 Å². The molecule has 0 saturated heterocycles. The van der Waals surface area contributed by atoms with Gasteiger partial charge in [0, 0.05) is 36.3 Å². The van der Waals surface area contributed by atoms with Crippen LogP contribution in [0.25, 0.3) is 0 Å². The Balaban J connectivity index is 1.60. The maximum absolute atomic E-state index is 11.0. The molecular weight excluding hydrogens is 264 g/mol. The second kappa shape index (κ2) is 5.87. The molecule has 2 aromatic rings. The predicted octanol–water partition coefficient (Wildman–Crippen LogP) is 3.23. The van der Waals surface area contributed by atoms with Gasteiger partial charge in [0.1, 0.15) is 5.75 Å². The van der Waals surface area contributed by atoms with Gasteiger partial charge in [-0.05, 0) is 30.3 Å². The molecule has 1 amide bonds. The van der Waals surface area contributed by atoms with E-state index in [-0.39, 0.29) is 5.91 Å². The van der Waals surface area contributed by atoms with Crippen LogP contribution in [0.4, 0.5) is 11.4 Å². The monoisotopic (exact) mass is 282 g/mol. The summed E-state index contributed by atoms with van der Waals surface area (Å²) in [5.41, 5.74) is 3.11. The molecule has 2 aromatic carbocycles. The Morgan fingerprint density at radius 2 is 1.86 bits per heavy atom. The van der Waals surface area contributed by atoms with Gasteiger partial charge in [-0.15, -0.1) is 0 Å². The normalized spacial score (nSPS) is 16.0. The average molecular weight is 282 g/mol. The van der Waals surface area contributed by atoms with Crippen molar-refractivity contribution in [3.63, 3.8) is 0 Å². The van der Waals surface area contributed by atoms with Crippen molar-refractivity contribution in [2.75, 3.05) is 23.8 Å². The second-order valence-corrected chi connectivity index (χ2v) is 5.19. The zero-order chi connectivity index (χ0) is 14.7. The number of para-hydroxylation sites is 1. The third-order valence-electron chi connectivity index (χ3n) is 3.56. The fraction of sp³-hybridized carbons (Fsp3) is 0.235. The highest BCUT2D eigenvalue weighted by atomic mass is 16.5. The van der Waals surface area contributed by atoms with E-state index in [0.29, 0.717) is 5.92 Å². The zero-order valence-corrected chi connectivity index (χ0v) is 11.9. The summed E-state index contributed by atoms with van der Waals surface area (Å²) in [6.07, 6.45) is 0. The molecule has 0 aliphatic carbocycles. The maximum Gasteiger partial charge on any atom is 0.221 e. The highest BCUT2D eigenvalue weighted by Gasteiger charge is 2.22. The Morgan fingerprint density at radius 3 is 2.62 bits per heavy atom. The quantitative estimate of drug-likeness (QED) is 0.905. The molecule has 1 heterocycles. The Hall–Kier alpha value is -2.49. The van der Waals surface area contributed by atoms with Crippen LogP contribution in [0.3, 0.4) is 0 Å². The number of fused-ring (bicyclic) bond motifs is 1. The van der Waals surface area contributed by atoms with Crippen molar-refractivity contribution in [3.05, 3.63) is 54.1 Å². The van der Waals surface area contributed by atoms with Gasteiger partial charge in [0.25, 0.3) is 0 Å². The molecule has 0 bridgehead atoms. The fourth-order valence-corrected chi connectivity index (χ4v) is 2.51. The number of ether oxygens (including phenoxy) is 1. The highest BCUT2D eigenvalue weighted by Crippen LogP contribution is 2.33. The zero-order valence-electron chi connectivity index (χ0n) is 11.9. The van der Waals surface area contributed by atoms with Gasteiger partial charge in [-0.25, -0.2) is 0 Å². The molecule has 0 fully saturated rings. The summed E-state index contributed by atoms with van der Waals surface area (Å²) < 4.78 is 5.67. The standard InChI is InChI=1S/C17H18N2O2/c1-12(20)19-15-8-6-14(7-9-15)18-10-13-11-21-17-5-3-2-4-16(13)17/h2-9,13,18H,10-11H2,1H3,(H,19,20). The lowest BCUT2D eigenvalue weighted by atomic mass is 10.0. The number of benzene rings is 2. The molecule has 1 aliphatic rings. The summed E-state index contributed by atoms with van der Waals surface area (Å²) in [4.78, 5) is 11.0. The van der Waals surface area contributed by atoms with Crippen molar-refractivity contribution in [1.29, 1.82) is 0 Å². The molecule has 4 heteroatoms. The molecule has 108 valence electrons. The van der Waals surface area contributed by atoms with E-state index in [4.69, 9.17) is 4.74 Å². The van der Waals surface area contributed by atoms with E-state index < -0.39 is 0 Å². The topological polar surface area (TPSA) is 50.4 Å². The van der Waals surface area contributed by atoms with Crippen LogP contribution < -0.4 is 15.4 Å². The summed E-state index contributed by atoms with van der Waals surface area (Å²) in [6, 6.07) is 15.9. The maximum atomic E-state index is 11.0. The lowest BCUT2D eigenvalue weighted by Gasteiger charge is -2.12. The number of carbonyl (C=O) groups is 1. The third-order valence-corrected chi connectivity index (χ3v) is 3.56. The van der Waals surface area contributed by atoms with E-state index in [0.717, 1.165) is 30.3 Å². The molecule has 0 saturated carbocycles. The molecule has 21 heavy (non-hydrogen) atoms. The van der Waals surface area contributed by atoms with Gasteiger partial charge in [-0.1, -0.05) is 18.2 Å². The lowest BCUT2D eigenvalue weighted by molar-refractivity contribution is -0.114. The van der Waals surface area contributed by atoms with Gasteiger partial charge < -0.3 is 15.4 Å². The van der Waals surface area contributed by atoms with E-state index >= 15 is 0 Å². The molecule has 2 N–H and O–H groups in total. The first-order valence-electron chi connectivity index (χ1n) is 7.05. The Morgan fingerprint density at radius 1 is 1.14 bits per heavy atom. The van der Waals surface area contributed by atoms with Crippen molar-refractivity contribution in [2.24, 2.45) is 0 Å². The van der Waals surface area contributed by atoms with E-state index in [1.54, 1.807) is 0 Å². The van der Waals surface area contributed by atoms with Crippen molar-refractivity contribution < 1.29 is 9.53 Å². The van der Waals surface area contributed by atoms with Gasteiger partial charge in [-0.2, -0.15) is 0 Å². The SMILES string of the molecule is CC(=O)Nc1ccc(NCC2COc3ccccc32)cc1. The first-order chi connectivity index (χ1) is 10.2. The molecule has 1 aliphatic heterocycles. The van der Waals surface area contributed by atoms with Crippen LogP contribution in [0, 0.1) is 0 Å². The summed E-state index contributed by atoms with van der Waals surface area (Å²) in [5.74, 6) is 1.30. The number of rotatable bonds is 4. The van der Waals surface area contributed by atoms with Gasteiger partial charge in [0.05, 0.1) is 6.61 Å². The van der Waals surface area contributed by atoms with Crippen molar-refractivity contribution in [3.8, 4) is 5.75 Å². The van der Waals surface area contributed by atoms with Crippen LogP contribution in [0.5, 0.6) is 5.75 Å². The number of anilines is 2. The first kappa shape index (κ1) is 13.5. The predicted molar refractivity (Wildman–Crippen MR) is 83.9 cm³/mol. The third kappa shape index (κ3) is 3.16. The molecule has 0 aromatic heterocycles. The summed E-state index contributed by atoms with van der Waals surface area (Å²) >= 11 is 0. The number of carbonyl (C=O) groups excluding carboxylic acids is 1. The summed E-state index contributed by atoms with van der Waals surface area (Å²) in [7, 11) is 0. The second-order valence-electron chi connectivity index (χ2n) is 5.19. The number of amides is 1. The number of hydrogen-bond donors (Lipinski definition) is 2. The van der Waals surface area contributed by atoms with Crippen LogP contribution in [0.15, 0.2) is 48.5 Å². The number of nitrogens with one attached hydrogen (secondary N) is 2. The van der Waals surface area contributed by atoms with Crippen LogP contribution in [0.2, 0.25) is 0 Å². The smallest absolute Gasteiger partial charge is 0.221 e. The van der Waals surface area contributed by atoms with Crippen molar-refractivity contribution >= 4 is 17.3 Å². The number of hydrogen-bond acceptors (Lipinski definition) is 3. The lowest BCUT2D eigenvalue weighted by Crippen LogP contribution is -2.14. The van der Waals surface area contributed by atoms with Gasteiger partial charge >= 0.3 is 0 Å². The molecule has 4 nitrogen and oxygen atoms in total. The van der Waals surface area contributed by atoms with Crippen LogP contribution in [-0.4, -0.2) is 19.1 Å². The molecule has 0 spiro atoms. The summed E-state index contributed by atoms with van der Waals surface area (Å²) in [6.45, 7) is 3.05. The molecule has 0 radical (unpaired) electrons. The minimum Gasteiger partial charge on any atom is -0.493 e. The minimum absolute atomic E-state index is 0.0598. The highest BCUT2D eigenvalue weighted by molar-refractivity contribution is 5.88. The minimum atomic E-state index is -0.0598. The van der Waals surface area contributed by atoms with E-state index in [2.05, 4.69) is 16.7 Å². The van der Waals surface area contributed by atoms with Crippen LogP contribution >= 0.6 is 0 Å². The summed E-state index contributed by atoms with van der Waals surface area (Å²) in [5, 5.41) is 6.17. The van der Waals surface area contributed by atoms with Crippen molar-refractivity contribution in [2.45, 2.75) is 12.8 Å². The molecule has 1 atom stereocenters. The van der Waals surface area contributed by atoms with E-state index in [1.165, 1.54) is 12.5 Å². The van der Waals surface area contributed by atoms with Crippen LogP contribution in [-0.2, 0) is 4.79 Å². The Bertz CT molecular complexity index is 637. The Labute approximate surface area is 124 Å². The van der Waals surface area contributed by atoms with E-state index in [9.17, 15) is 4.79 Å². The fourth-order valence-electron chi connectivity index (χ4n) is 2.51. The molecular formula is C17H18N2O2. The molecule has 1 unspecified atom stereocenters.